The first-order valence-corrected chi connectivity index (χ1v) is 30.2. The number of aryl methyl sites for hydroxylation is 2. The highest BCUT2D eigenvalue weighted by molar-refractivity contribution is 5.89. The Morgan fingerprint density at radius 1 is 0.380 bits per heavy atom. The molecule has 0 radical (unpaired) electrons. The first-order valence-electron chi connectivity index (χ1n) is 30.2. The van der Waals surface area contributed by atoms with E-state index in [-0.39, 0.29) is 46.6 Å². The molecular formula is C76H66F2N8O6. The number of esters is 2. The highest BCUT2D eigenvalue weighted by Gasteiger charge is 2.23. The fraction of sp³-hybridized carbons (Fsp3) is 0.184. The molecule has 0 aliphatic rings. The fourth-order valence-electron chi connectivity index (χ4n) is 10.9. The first-order chi connectivity index (χ1) is 44.3. The minimum atomic E-state index is -1.04. The van der Waals surface area contributed by atoms with Crippen molar-refractivity contribution in [1.29, 1.82) is 0 Å². The Balaban J connectivity index is 0.874. The molecule has 0 amide bonds. The van der Waals surface area contributed by atoms with Crippen molar-refractivity contribution in [2.24, 2.45) is 0 Å². The summed E-state index contributed by atoms with van der Waals surface area (Å²) < 4.78 is 52.3. The number of hydrogen-bond acceptors (Lipinski definition) is 14. The van der Waals surface area contributed by atoms with Crippen molar-refractivity contribution in [3.05, 3.63) is 240 Å². The molecule has 0 aliphatic heterocycles. The Kier molecular flexibility index (Phi) is 17.2. The number of methoxy groups -OCH3 is 2. The summed E-state index contributed by atoms with van der Waals surface area (Å²) in [5, 5.41) is 17.6. The van der Waals surface area contributed by atoms with Gasteiger partial charge in [0.2, 0.25) is 23.6 Å². The third-order valence-electron chi connectivity index (χ3n) is 16.2. The molecular weight excluding hydrogens is 1160 g/mol. The number of carbonyl (C=O) groups is 2. The maximum absolute atomic E-state index is 15.0. The molecule has 0 unspecified atom stereocenters. The van der Waals surface area contributed by atoms with Gasteiger partial charge in [-0.1, -0.05) is 114 Å². The van der Waals surface area contributed by atoms with E-state index < -0.39 is 11.6 Å². The van der Waals surface area contributed by atoms with Crippen molar-refractivity contribution >= 4 is 57.1 Å². The molecule has 0 atom stereocenters. The lowest BCUT2D eigenvalue weighted by Crippen LogP contribution is -2.10. The molecule has 9 aromatic carbocycles. The number of aromatic nitrogens is 6. The number of nitrogens with zero attached hydrogens (tertiary/aromatic N) is 8. The van der Waals surface area contributed by atoms with Gasteiger partial charge in [-0.15, -0.1) is 20.4 Å². The summed E-state index contributed by atoms with van der Waals surface area (Å²) in [7, 11) is 2.77. The van der Waals surface area contributed by atoms with Gasteiger partial charge in [-0.25, -0.2) is 18.7 Å². The van der Waals surface area contributed by atoms with Gasteiger partial charge in [0.1, 0.15) is 0 Å². The molecule has 0 fully saturated rings. The fourth-order valence-corrected chi connectivity index (χ4v) is 10.9. The second kappa shape index (κ2) is 25.8. The third-order valence-corrected chi connectivity index (χ3v) is 16.2. The number of anilines is 6. The number of ether oxygens (including phenoxy) is 2. The summed E-state index contributed by atoms with van der Waals surface area (Å²) in [5.74, 6) is -1.07. The number of rotatable bonds is 18. The van der Waals surface area contributed by atoms with E-state index in [4.69, 9.17) is 28.3 Å². The van der Waals surface area contributed by atoms with Gasteiger partial charge in [0.15, 0.2) is 11.6 Å². The average Bonchev–Trinajstić information content (AvgIpc) is 0.908. The van der Waals surface area contributed by atoms with Crippen LogP contribution in [0.1, 0.15) is 76.6 Å². The molecule has 0 N–H and O–H groups in total. The molecule has 0 bridgehead atoms. The Morgan fingerprint density at radius 3 is 0.891 bits per heavy atom. The van der Waals surface area contributed by atoms with Gasteiger partial charge in [-0.3, -0.25) is 9.59 Å². The van der Waals surface area contributed by atoms with Gasteiger partial charge < -0.3 is 28.1 Å². The summed E-state index contributed by atoms with van der Waals surface area (Å²) in [6.07, 6.45) is 1.52. The minimum absolute atomic E-state index is 0.000444. The maximum atomic E-state index is 15.0. The van der Waals surface area contributed by atoms with Crippen LogP contribution in [0.4, 0.5) is 42.9 Å². The number of benzene rings is 9. The second-order valence-corrected chi connectivity index (χ2v) is 24.5. The van der Waals surface area contributed by atoms with Crippen LogP contribution in [0.5, 0.6) is 0 Å². The number of halogens is 2. The number of fused-ring (bicyclic) bond motifs is 1. The molecule has 0 saturated carbocycles. The molecule has 92 heavy (non-hydrogen) atoms. The topological polar surface area (TPSA) is 163 Å². The summed E-state index contributed by atoms with van der Waals surface area (Å²) in [5.41, 5.74) is 15.0. The van der Waals surface area contributed by atoms with Crippen LogP contribution in [0, 0.1) is 11.6 Å². The van der Waals surface area contributed by atoms with Crippen molar-refractivity contribution in [1.82, 2.24) is 30.4 Å². The van der Waals surface area contributed by atoms with Gasteiger partial charge in [0.05, 0.1) is 36.6 Å². The van der Waals surface area contributed by atoms with Crippen LogP contribution in [-0.4, -0.2) is 56.5 Å². The number of hydrogen-bond donors (Lipinski definition) is 0. The zero-order chi connectivity index (χ0) is 64.3. The number of carbonyl (C=O) groups excluding carboxylic acids is 2. The van der Waals surface area contributed by atoms with Gasteiger partial charge in [-0.2, -0.15) is 0 Å². The monoisotopic (exact) mass is 1220 g/mol. The Hall–Kier alpha value is -11.0. The molecule has 0 aliphatic carbocycles. The minimum Gasteiger partial charge on any atom is -0.469 e. The lowest BCUT2D eigenvalue weighted by Gasteiger charge is -2.26. The summed E-state index contributed by atoms with van der Waals surface area (Å²) >= 11 is 0. The third kappa shape index (κ3) is 13.5. The molecule has 12 rings (SSSR count). The van der Waals surface area contributed by atoms with Crippen LogP contribution >= 0.6 is 0 Å². The van der Waals surface area contributed by atoms with Crippen LogP contribution in [0.25, 0.3) is 79.4 Å². The van der Waals surface area contributed by atoms with Crippen molar-refractivity contribution < 1.29 is 36.7 Å². The lowest BCUT2D eigenvalue weighted by molar-refractivity contribution is -0.141. The summed E-state index contributed by atoms with van der Waals surface area (Å²) in [6, 6.07) is 65.7. The van der Waals surface area contributed by atoms with Gasteiger partial charge >= 0.3 is 11.9 Å². The molecule has 0 saturated heterocycles. The van der Waals surface area contributed by atoms with Gasteiger partial charge in [0, 0.05) is 92.5 Å². The second-order valence-electron chi connectivity index (χ2n) is 24.5. The summed E-state index contributed by atoms with van der Waals surface area (Å²) in [6.45, 7) is 13.0. The smallest absolute Gasteiger partial charge is 0.305 e. The van der Waals surface area contributed by atoms with Crippen molar-refractivity contribution in [3.63, 3.8) is 0 Å². The van der Waals surface area contributed by atoms with Crippen molar-refractivity contribution in [2.45, 2.75) is 78.1 Å². The molecule has 0 spiro atoms. The normalized spacial score (nSPS) is 11.6. The molecule has 3 aromatic heterocycles. The van der Waals surface area contributed by atoms with E-state index in [0.29, 0.717) is 58.9 Å². The Labute approximate surface area is 532 Å². The lowest BCUT2D eigenvalue weighted by atomic mass is 9.87. The highest BCUT2D eigenvalue weighted by Crippen LogP contribution is 2.42. The molecule has 16 heteroatoms. The highest BCUT2D eigenvalue weighted by atomic mass is 19.2. The average molecular weight is 1230 g/mol. The van der Waals surface area contributed by atoms with Gasteiger partial charge in [-0.05, 0) is 167 Å². The van der Waals surface area contributed by atoms with Gasteiger partial charge in [0.25, 0.3) is 0 Å². The van der Waals surface area contributed by atoms with Crippen LogP contribution < -0.4 is 9.80 Å². The van der Waals surface area contributed by atoms with Crippen molar-refractivity contribution in [3.8, 4) is 68.3 Å². The van der Waals surface area contributed by atoms with Crippen LogP contribution in [0.2, 0.25) is 0 Å². The maximum Gasteiger partial charge on any atom is 0.305 e. The van der Waals surface area contributed by atoms with E-state index in [1.807, 2.05) is 170 Å². The Bertz CT molecular complexity index is 4290. The quantitative estimate of drug-likeness (QED) is 0.0746. The largest absolute Gasteiger partial charge is 0.469 e. The molecule has 3 heterocycles. The van der Waals surface area contributed by atoms with Crippen LogP contribution in [-0.2, 0) is 42.7 Å². The predicted octanol–water partition coefficient (Wildman–Crippen LogP) is 18.4. The van der Waals surface area contributed by atoms with E-state index in [1.54, 1.807) is 0 Å². The molecule has 14 nitrogen and oxygen atoms in total. The van der Waals surface area contributed by atoms with E-state index in [0.717, 1.165) is 79.6 Å². The molecule has 460 valence electrons. The molecule has 12 aromatic rings. The van der Waals surface area contributed by atoms with E-state index >= 15 is 8.78 Å². The Morgan fingerprint density at radius 2 is 0.630 bits per heavy atom. The van der Waals surface area contributed by atoms with E-state index in [9.17, 15) is 9.59 Å². The van der Waals surface area contributed by atoms with Crippen LogP contribution in [0.3, 0.4) is 0 Å². The van der Waals surface area contributed by atoms with E-state index in [2.05, 4.69) is 96.0 Å². The standard InChI is InChI=1S/C76H66F2N8O6/c1-75(2,3)55-27-15-51(16-28-55)71-81-83-73(91-71)53-23-39-61(40-24-53)85(57-31-9-47(10-32-57)13-43-67(87)89-7)59-35-19-49(20-36-59)69-70(80-66-46-64(78)63(77)45-65(66)79-69)50-21-37-60(38-22-50)86(58-33-11-48(12-34-58)14-44-68(88)90-8)62-41-25-54(26-42-62)74-84-82-72(92-74)52-17-29-56(30-18-52)76(4,5)6/h9-12,15-42,45-46H,13-14,43-44H2,1-8H3. The van der Waals surface area contributed by atoms with E-state index in [1.165, 1.54) is 25.3 Å². The van der Waals surface area contributed by atoms with Crippen molar-refractivity contribution in [2.75, 3.05) is 24.0 Å². The predicted molar refractivity (Wildman–Crippen MR) is 355 cm³/mol. The summed E-state index contributed by atoms with van der Waals surface area (Å²) in [4.78, 5) is 38.3. The SMILES string of the molecule is COC(=O)CCc1ccc(N(c2ccc(-c3nnc(-c4ccc(C(C)(C)C)cc4)o3)cc2)c2ccc(-c3nc4cc(F)c(F)cc4nc3-c3ccc(N(c4ccc(CCC(=O)OC)cc4)c4ccc(-c5nnc(-c6ccc(C(C)(C)C)cc6)o5)cc4)cc3)cc2)cc1. The first kappa shape index (κ1) is 61.2. The zero-order valence-corrected chi connectivity index (χ0v) is 52.2. The zero-order valence-electron chi connectivity index (χ0n) is 52.2. The van der Waals surface area contributed by atoms with Crippen LogP contribution in [0.15, 0.2) is 215 Å².